The van der Waals surface area contributed by atoms with Crippen molar-refractivity contribution in [3.8, 4) is 5.75 Å². The summed E-state index contributed by atoms with van der Waals surface area (Å²) in [5.41, 5.74) is 0.964. The summed E-state index contributed by atoms with van der Waals surface area (Å²) in [7, 11) is -0.350. The van der Waals surface area contributed by atoms with Crippen LogP contribution in [0, 0.1) is 0 Å². The van der Waals surface area contributed by atoms with Gasteiger partial charge in [-0.05, 0) is 44.6 Å². The zero-order valence-electron chi connectivity index (χ0n) is 18.0. The minimum Gasteiger partial charge on any atom is -0.505 e. The predicted octanol–water partition coefficient (Wildman–Crippen LogP) is 3.44. The Bertz CT molecular complexity index is 1060. The molecule has 10 heteroatoms. The Labute approximate surface area is 199 Å². The summed E-state index contributed by atoms with van der Waals surface area (Å²) in [5.74, 6) is -0.827. The normalized spacial score (nSPS) is 17.1. The van der Waals surface area contributed by atoms with E-state index in [2.05, 4.69) is 0 Å². The molecule has 32 heavy (non-hydrogen) atoms. The molecule has 1 N–H and O–H groups in total. The van der Waals surface area contributed by atoms with E-state index < -0.39 is 26.7 Å². The first-order chi connectivity index (χ1) is 15.1. The number of hydrogen-bond donors (Lipinski definition) is 1. The Kier molecular flexibility index (Phi) is 8.06. The van der Waals surface area contributed by atoms with Gasteiger partial charge in [-0.2, -0.15) is 4.31 Å². The molecule has 2 aromatic rings. The van der Waals surface area contributed by atoms with Gasteiger partial charge in [-0.1, -0.05) is 53.5 Å². The third kappa shape index (κ3) is 5.55. The smallest absolute Gasteiger partial charge is 0.247 e. The number of phenolic OH excluding ortho intramolecular Hbond substituents is 1. The van der Waals surface area contributed by atoms with Gasteiger partial charge in [-0.15, -0.1) is 0 Å². The summed E-state index contributed by atoms with van der Waals surface area (Å²) in [6.45, 7) is 1.66. The van der Waals surface area contributed by atoms with Gasteiger partial charge in [-0.3, -0.25) is 4.79 Å². The molecule has 2 aromatic carbocycles. The van der Waals surface area contributed by atoms with Gasteiger partial charge < -0.3 is 14.9 Å². The number of halogens is 2. The number of carbonyl (C=O) groups is 1. The molecule has 1 amide bonds. The highest BCUT2D eigenvalue weighted by Gasteiger charge is 2.42. The second kappa shape index (κ2) is 10.4. The molecule has 0 bridgehead atoms. The number of hydrogen-bond acceptors (Lipinski definition) is 5. The van der Waals surface area contributed by atoms with E-state index >= 15 is 0 Å². The third-order valence-corrected chi connectivity index (χ3v) is 7.84. The summed E-state index contributed by atoms with van der Waals surface area (Å²) in [5, 5.41) is 10.2. The van der Waals surface area contributed by atoms with Gasteiger partial charge in [0.1, 0.15) is 10.9 Å². The fraction of sp³-hybridized carbons (Fsp3) is 0.409. The van der Waals surface area contributed by atoms with Gasteiger partial charge in [0, 0.05) is 31.2 Å². The Morgan fingerprint density at radius 1 is 1.16 bits per heavy atom. The number of likely N-dealkylation sites (N-methyl/N-ethyl adjacent to an activating group) is 1. The number of aromatic hydroxyl groups is 1. The molecule has 1 atom stereocenters. The Morgan fingerprint density at radius 3 is 2.50 bits per heavy atom. The Balaban J connectivity index is 1.91. The lowest BCUT2D eigenvalue weighted by atomic mass is 10.1. The summed E-state index contributed by atoms with van der Waals surface area (Å²) < 4.78 is 27.9. The molecule has 0 aromatic heterocycles. The quantitative estimate of drug-likeness (QED) is 0.601. The van der Waals surface area contributed by atoms with Crippen LogP contribution in [0.5, 0.6) is 5.75 Å². The van der Waals surface area contributed by atoms with Gasteiger partial charge in [0.05, 0.1) is 5.02 Å². The zero-order chi connectivity index (χ0) is 23.5. The average molecular weight is 500 g/mol. The van der Waals surface area contributed by atoms with Crippen LogP contribution >= 0.6 is 23.2 Å². The van der Waals surface area contributed by atoms with Crippen LogP contribution in [-0.2, 0) is 21.4 Å². The molecule has 0 spiro atoms. The molecular weight excluding hydrogens is 473 g/mol. The van der Waals surface area contributed by atoms with Gasteiger partial charge >= 0.3 is 0 Å². The van der Waals surface area contributed by atoms with E-state index in [1.807, 2.05) is 49.3 Å². The SMILES string of the molecule is CN(C)CCN(Cc1ccccc1)C(=O)[C@@H]1CCCN1S(=O)(=O)c1cc(Cl)cc(Cl)c1O. The van der Waals surface area contributed by atoms with E-state index in [9.17, 15) is 18.3 Å². The monoisotopic (exact) mass is 499 g/mol. The number of sulfonamides is 1. The lowest BCUT2D eigenvalue weighted by Crippen LogP contribution is -2.48. The maximum absolute atomic E-state index is 13.6. The van der Waals surface area contributed by atoms with Crippen molar-refractivity contribution >= 4 is 39.1 Å². The molecule has 3 rings (SSSR count). The van der Waals surface area contributed by atoms with E-state index in [1.165, 1.54) is 6.07 Å². The fourth-order valence-electron chi connectivity index (χ4n) is 3.74. The summed E-state index contributed by atoms with van der Waals surface area (Å²) >= 11 is 11.9. The van der Waals surface area contributed by atoms with E-state index in [0.717, 1.165) is 15.9 Å². The number of rotatable bonds is 8. The molecule has 0 unspecified atom stereocenters. The van der Waals surface area contributed by atoms with Gasteiger partial charge in [0.15, 0.2) is 5.75 Å². The highest BCUT2D eigenvalue weighted by atomic mass is 35.5. The lowest BCUT2D eigenvalue weighted by molar-refractivity contribution is -0.135. The summed E-state index contributed by atoms with van der Waals surface area (Å²) in [4.78, 5) is 16.8. The molecular formula is C22H27Cl2N3O4S. The van der Waals surface area contributed by atoms with Gasteiger partial charge in [0.2, 0.25) is 15.9 Å². The first kappa shape index (κ1) is 24.8. The van der Waals surface area contributed by atoms with Crippen molar-refractivity contribution in [2.24, 2.45) is 0 Å². The number of benzene rings is 2. The van der Waals surface area contributed by atoms with Crippen LogP contribution in [0.25, 0.3) is 0 Å². The Hall–Kier alpha value is -1.84. The molecule has 174 valence electrons. The highest BCUT2D eigenvalue weighted by molar-refractivity contribution is 7.89. The summed E-state index contributed by atoms with van der Waals surface area (Å²) in [6.07, 6.45) is 0.942. The minimum absolute atomic E-state index is 0.0881. The van der Waals surface area contributed by atoms with Crippen molar-refractivity contribution in [3.63, 3.8) is 0 Å². The average Bonchev–Trinajstić information content (AvgIpc) is 3.24. The van der Waals surface area contributed by atoms with Crippen LogP contribution in [-0.4, -0.2) is 73.3 Å². The molecule has 1 fully saturated rings. The molecule has 1 aliphatic rings. The molecule has 1 aliphatic heterocycles. The molecule has 1 heterocycles. The van der Waals surface area contributed by atoms with Crippen LogP contribution in [0.4, 0.5) is 0 Å². The minimum atomic E-state index is -4.19. The lowest BCUT2D eigenvalue weighted by Gasteiger charge is -2.31. The van der Waals surface area contributed by atoms with Crippen LogP contribution in [0.1, 0.15) is 18.4 Å². The van der Waals surface area contributed by atoms with Crippen molar-refractivity contribution in [1.29, 1.82) is 0 Å². The number of amides is 1. The number of nitrogens with zero attached hydrogens (tertiary/aromatic N) is 3. The van der Waals surface area contributed by atoms with Crippen LogP contribution in [0.15, 0.2) is 47.4 Å². The second-order valence-corrected chi connectivity index (χ2v) is 10.8. The maximum Gasteiger partial charge on any atom is 0.247 e. The van der Waals surface area contributed by atoms with Crippen molar-refractivity contribution in [2.45, 2.75) is 30.3 Å². The zero-order valence-corrected chi connectivity index (χ0v) is 20.4. The maximum atomic E-state index is 13.6. The third-order valence-electron chi connectivity index (χ3n) is 5.41. The van der Waals surface area contributed by atoms with Crippen molar-refractivity contribution in [1.82, 2.24) is 14.1 Å². The standard InChI is InChI=1S/C22H27Cl2N3O4S/c1-25(2)11-12-26(15-16-7-4-3-5-8-16)22(29)19-9-6-10-27(19)32(30,31)20-14-17(23)13-18(24)21(20)28/h3-5,7-8,13-14,19,28H,6,9-12,15H2,1-2H3/t19-/m0/s1. The van der Waals surface area contributed by atoms with E-state index in [4.69, 9.17) is 23.2 Å². The predicted molar refractivity (Wildman–Crippen MR) is 125 cm³/mol. The molecule has 0 radical (unpaired) electrons. The summed E-state index contributed by atoms with van der Waals surface area (Å²) in [6, 6.07) is 11.2. The van der Waals surface area contributed by atoms with Crippen molar-refractivity contribution < 1.29 is 18.3 Å². The number of carbonyl (C=O) groups excluding carboxylic acids is 1. The van der Waals surface area contributed by atoms with E-state index in [1.54, 1.807) is 4.90 Å². The number of phenols is 1. The topological polar surface area (TPSA) is 81.2 Å². The van der Waals surface area contributed by atoms with Gasteiger partial charge in [-0.25, -0.2) is 8.42 Å². The van der Waals surface area contributed by atoms with Crippen molar-refractivity contribution in [2.75, 3.05) is 33.7 Å². The largest absolute Gasteiger partial charge is 0.505 e. The molecule has 0 saturated carbocycles. The fourth-order valence-corrected chi connectivity index (χ4v) is 6.14. The van der Waals surface area contributed by atoms with Crippen LogP contribution < -0.4 is 0 Å². The van der Waals surface area contributed by atoms with Crippen LogP contribution in [0.2, 0.25) is 10.0 Å². The van der Waals surface area contributed by atoms with E-state index in [0.29, 0.717) is 32.5 Å². The molecule has 7 nitrogen and oxygen atoms in total. The first-order valence-electron chi connectivity index (χ1n) is 10.3. The molecule has 0 aliphatic carbocycles. The first-order valence-corrected chi connectivity index (χ1v) is 12.5. The Morgan fingerprint density at radius 2 is 1.84 bits per heavy atom. The molecule has 1 saturated heterocycles. The van der Waals surface area contributed by atoms with Crippen LogP contribution in [0.3, 0.4) is 0 Å². The van der Waals surface area contributed by atoms with Crippen molar-refractivity contribution in [3.05, 3.63) is 58.1 Å². The van der Waals surface area contributed by atoms with Gasteiger partial charge in [0.25, 0.3) is 0 Å². The second-order valence-electron chi connectivity index (χ2n) is 8.06. The van der Waals surface area contributed by atoms with E-state index in [-0.39, 0.29) is 22.5 Å². The highest BCUT2D eigenvalue weighted by Crippen LogP contribution is 2.38.